The SMILES string of the molecule is CCCC(CCNC)N/C(=N/C(Cl)=N\C)C1=CC=C(C)C(COC)CC1. The lowest BCUT2D eigenvalue weighted by Crippen LogP contribution is -2.38. The number of hydrogen-bond acceptors (Lipinski definition) is 3. The van der Waals surface area contributed by atoms with Crippen LogP contribution in [0.5, 0.6) is 0 Å². The van der Waals surface area contributed by atoms with E-state index in [0.717, 1.165) is 51.1 Å². The Bertz CT molecular complexity index is 540. The summed E-state index contributed by atoms with van der Waals surface area (Å²) in [5.74, 6) is 1.29. The Balaban J connectivity index is 3.01. The van der Waals surface area contributed by atoms with Gasteiger partial charge in [0.2, 0.25) is 5.29 Å². The van der Waals surface area contributed by atoms with Gasteiger partial charge in [0.1, 0.15) is 5.84 Å². The minimum atomic E-state index is 0.274. The summed E-state index contributed by atoms with van der Waals surface area (Å²) in [4.78, 5) is 8.56. The standard InChI is InChI=1S/C20H35ClN4O/c1-6-7-18(12-13-22-3)24-19(25-20(21)23-4)16-9-8-15(2)17(11-10-16)14-26-5/h8-9,17-18,22H,6-7,10-14H2,1-5H3,(H,23,24,25). The third-order valence-electron chi connectivity index (χ3n) is 4.73. The van der Waals surface area contributed by atoms with Gasteiger partial charge < -0.3 is 15.4 Å². The van der Waals surface area contributed by atoms with E-state index in [9.17, 15) is 0 Å². The summed E-state index contributed by atoms with van der Waals surface area (Å²) in [7, 11) is 5.40. The zero-order valence-electron chi connectivity index (χ0n) is 16.9. The van der Waals surface area contributed by atoms with Crippen LogP contribution in [0.25, 0.3) is 0 Å². The molecule has 0 aromatic rings. The van der Waals surface area contributed by atoms with E-state index in [-0.39, 0.29) is 5.29 Å². The number of nitrogens with zero attached hydrogens (tertiary/aromatic N) is 2. The van der Waals surface area contributed by atoms with Gasteiger partial charge in [0.25, 0.3) is 0 Å². The van der Waals surface area contributed by atoms with E-state index in [0.29, 0.717) is 12.0 Å². The average Bonchev–Trinajstić information content (AvgIpc) is 2.81. The number of nitrogens with one attached hydrogen (secondary N) is 2. The Kier molecular flexibility index (Phi) is 11.5. The summed E-state index contributed by atoms with van der Waals surface area (Å²) in [6.07, 6.45) is 9.58. The fourth-order valence-electron chi connectivity index (χ4n) is 3.11. The van der Waals surface area contributed by atoms with Crippen LogP contribution in [0.3, 0.4) is 0 Å². The summed E-state index contributed by atoms with van der Waals surface area (Å²) in [5.41, 5.74) is 2.52. The van der Waals surface area contributed by atoms with E-state index >= 15 is 0 Å². The second-order valence-corrected chi connectivity index (χ2v) is 7.11. The zero-order chi connectivity index (χ0) is 19.4. The molecule has 0 amide bonds. The lowest BCUT2D eigenvalue weighted by Gasteiger charge is -2.22. The van der Waals surface area contributed by atoms with E-state index in [1.165, 1.54) is 11.1 Å². The van der Waals surface area contributed by atoms with Crippen molar-refractivity contribution in [1.82, 2.24) is 10.6 Å². The molecule has 2 unspecified atom stereocenters. The topological polar surface area (TPSA) is 58.0 Å². The normalized spacial score (nSPS) is 20.3. The van der Waals surface area contributed by atoms with Crippen LogP contribution >= 0.6 is 11.6 Å². The van der Waals surface area contributed by atoms with E-state index in [1.54, 1.807) is 14.2 Å². The number of halogens is 1. The van der Waals surface area contributed by atoms with Crippen molar-refractivity contribution in [3.8, 4) is 0 Å². The molecule has 0 aliphatic heterocycles. The van der Waals surface area contributed by atoms with E-state index < -0.39 is 0 Å². The summed E-state index contributed by atoms with van der Waals surface area (Å²) in [6, 6.07) is 0.358. The maximum Gasteiger partial charge on any atom is 0.219 e. The molecule has 0 saturated heterocycles. The van der Waals surface area contributed by atoms with Gasteiger partial charge >= 0.3 is 0 Å². The number of amidine groups is 2. The molecule has 0 saturated carbocycles. The molecule has 6 heteroatoms. The van der Waals surface area contributed by atoms with Crippen LogP contribution in [-0.2, 0) is 4.74 Å². The fraction of sp³-hybridized carbons (Fsp3) is 0.700. The molecule has 0 aromatic heterocycles. The minimum absolute atomic E-state index is 0.274. The highest BCUT2D eigenvalue weighted by molar-refractivity contribution is 6.65. The van der Waals surface area contributed by atoms with E-state index in [2.05, 4.69) is 46.6 Å². The summed E-state index contributed by atoms with van der Waals surface area (Å²) in [5, 5.41) is 7.13. The molecule has 1 rings (SSSR count). The van der Waals surface area contributed by atoms with Crippen LogP contribution in [0.4, 0.5) is 0 Å². The van der Waals surface area contributed by atoms with Gasteiger partial charge in [-0.05, 0) is 63.4 Å². The zero-order valence-corrected chi connectivity index (χ0v) is 17.7. The Labute approximate surface area is 164 Å². The molecule has 0 spiro atoms. The Morgan fingerprint density at radius 2 is 2.15 bits per heavy atom. The van der Waals surface area contributed by atoms with Gasteiger partial charge in [0.15, 0.2) is 0 Å². The highest BCUT2D eigenvalue weighted by Gasteiger charge is 2.19. The van der Waals surface area contributed by atoms with Gasteiger partial charge in [-0.3, -0.25) is 4.99 Å². The first kappa shape index (κ1) is 22.9. The monoisotopic (exact) mass is 382 g/mol. The van der Waals surface area contributed by atoms with Crippen LogP contribution in [-0.4, -0.2) is 51.5 Å². The molecular weight excluding hydrogens is 348 g/mol. The van der Waals surface area contributed by atoms with Crippen LogP contribution in [0.2, 0.25) is 0 Å². The van der Waals surface area contributed by atoms with Crippen LogP contribution in [0, 0.1) is 5.92 Å². The molecule has 26 heavy (non-hydrogen) atoms. The Morgan fingerprint density at radius 1 is 1.38 bits per heavy atom. The lowest BCUT2D eigenvalue weighted by atomic mass is 9.96. The van der Waals surface area contributed by atoms with E-state index in [4.69, 9.17) is 16.3 Å². The minimum Gasteiger partial charge on any atom is -0.384 e. The average molecular weight is 383 g/mol. The number of rotatable bonds is 9. The molecule has 0 heterocycles. The van der Waals surface area contributed by atoms with Gasteiger partial charge in [-0.1, -0.05) is 31.1 Å². The molecule has 0 bridgehead atoms. The summed E-state index contributed by atoms with van der Waals surface area (Å²) in [6.45, 7) is 6.09. The van der Waals surface area contributed by atoms with Crippen molar-refractivity contribution in [3.05, 3.63) is 23.3 Å². The summed E-state index contributed by atoms with van der Waals surface area (Å²) < 4.78 is 5.37. The predicted octanol–water partition coefficient (Wildman–Crippen LogP) is 3.91. The highest BCUT2D eigenvalue weighted by atomic mass is 35.5. The number of hydrogen-bond donors (Lipinski definition) is 2. The van der Waals surface area contributed by atoms with Crippen LogP contribution < -0.4 is 10.6 Å². The van der Waals surface area contributed by atoms with Gasteiger partial charge in [-0.15, -0.1) is 0 Å². The van der Waals surface area contributed by atoms with Gasteiger partial charge in [-0.25, -0.2) is 4.99 Å². The maximum atomic E-state index is 6.14. The molecule has 1 aliphatic carbocycles. The molecule has 2 N–H and O–H groups in total. The second-order valence-electron chi connectivity index (χ2n) is 6.77. The highest BCUT2D eigenvalue weighted by Crippen LogP contribution is 2.25. The molecule has 0 fully saturated rings. The van der Waals surface area contributed by atoms with Crippen molar-refractivity contribution in [2.75, 3.05) is 34.4 Å². The number of methoxy groups -OCH3 is 1. The van der Waals surface area contributed by atoms with Crippen molar-refractivity contribution in [1.29, 1.82) is 0 Å². The van der Waals surface area contributed by atoms with Crippen molar-refractivity contribution < 1.29 is 4.74 Å². The van der Waals surface area contributed by atoms with Crippen molar-refractivity contribution in [2.24, 2.45) is 15.9 Å². The van der Waals surface area contributed by atoms with Crippen LogP contribution in [0.15, 0.2) is 33.3 Å². The van der Waals surface area contributed by atoms with Gasteiger partial charge in [0, 0.05) is 26.1 Å². The molecule has 1 aliphatic rings. The first-order chi connectivity index (χ1) is 12.5. The molecule has 5 nitrogen and oxygen atoms in total. The van der Waals surface area contributed by atoms with E-state index in [1.807, 2.05) is 7.05 Å². The quantitative estimate of drug-likeness (QED) is 0.361. The van der Waals surface area contributed by atoms with Crippen molar-refractivity contribution in [2.45, 2.75) is 52.0 Å². The Hall–Kier alpha value is -1.17. The Morgan fingerprint density at radius 3 is 2.77 bits per heavy atom. The first-order valence-electron chi connectivity index (χ1n) is 9.54. The summed E-state index contributed by atoms with van der Waals surface area (Å²) >= 11 is 6.14. The fourth-order valence-corrected chi connectivity index (χ4v) is 3.19. The first-order valence-corrected chi connectivity index (χ1v) is 9.92. The van der Waals surface area contributed by atoms with Gasteiger partial charge in [0.05, 0.1) is 6.61 Å². The molecular formula is C20H35ClN4O. The lowest BCUT2D eigenvalue weighted by molar-refractivity contribution is 0.162. The smallest absolute Gasteiger partial charge is 0.219 e. The molecule has 2 atom stereocenters. The number of ether oxygens (including phenoxy) is 1. The van der Waals surface area contributed by atoms with Crippen LogP contribution in [0.1, 0.15) is 46.0 Å². The largest absolute Gasteiger partial charge is 0.384 e. The molecule has 0 aromatic carbocycles. The maximum absolute atomic E-state index is 6.14. The third kappa shape index (κ3) is 8.02. The van der Waals surface area contributed by atoms with Gasteiger partial charge in [-0.2, -0.15) is 0 Å². The van der Waals surface area contributed by atoms with Crippen molar-refractivity contribution >= 4 is 22.7 Å². The predicted molar refractivity (Wildman–Crippen MR) is 113 cm³/mol. The molecule has 0 radical (unpaired) electrons. The number of allylic oxidation sites excluding steroid dienone is 2. The second kappa shape index (κ2) is 13.1. The number of aliphatic imine (C=N–C) groups is 2. The third-order valence-corrected chi connectivity index (χ3v) is 4.99. The molecule has 148 valence electrons. The van der Waals surface area contributed by atoms with Crippen molar-refractivity contribution in [3.63, 3.8) is 0 Å².